The van der Waals surface area contributed by atoms with Gasteiger partial charge in [0.1, 0.15) is 11.6 Å². The number of amides is 2. The number of nitrogens with zero attached hydrogens (tertiary/aromatic N) is 1. The van der Waals surface area contributed by atoms with Crippen molar-refractivity contribution in [3.63, 3.8) is 0 Å². The van der Waals surface area contributed by atoms with Crippen LogP contribution in [0.5, 0.6) is 5.75 Å². The van der Waals surface area contributed by atoms with Gasteiger partial charge in [-0.3, -0.25) is 9.59 Å². The number of fused-ring (bicyclic) bond motifs is 1. The van der Waals surface area contributed by atoms with E-state index in [1.165, 1.54) is 6.20 Å². The van der Waals surface area contributed by atoms with Gasteiger partial charge in [0.25, 0.3) is 5.91 Å². The molecule has 2 heterocycles. The van der Waals surface area contributed by atoms with Crippen LogP contribution in [0.4, 0.5) is 11.5 Å². The van der Waals surface area contributed by atoms with Crippen LogP contribution in [0.2, 0.25) is 5.02 Å². The summed E-state index contributed by atoms with van der Waals surface area (Å²) in [5.74, 6) is 0.197. The van der Waals surface area contributed by atoms with Crippen LogP contribution < -0.4 is 15.4 Å². The van der Waals surface area contributed by atoms with E-state index >= 15 is 0 Å². The third kappa shape index (κ3) is 3.17. The first-order valence-electron chi connectivity index (χ1n) is 6.60. The number of anilines is 2. The minimum absolute atomic E-state index is 0.107. The lowest BCUT2D eigenvalue weighted by Gasteiger charge is -2.25. The first-order valence-corrected chi connectivity index (χ1v) is 6.97. The summed E-state index contributed by atoms with van der Waals surface area (Å²) in [6.45, 7) is 0. The van der Waals surface area contributed by atoms with Gasteiger partial charge in [0.2, 0.25) is 5.91 Å². The molecule has 0 fully saturated rings. The average Bonchev–Trinajstić information content (AvgIpc) is 2.50. The van der Waals surface area contributed by atoms with Gasteiger partial charge in [-0.05, 0) is 24.3 Å². The standard InChI is InChI=1S/C15H12ClN3O3/c16-9-5-6-13(17-8-9)19-14(20)7-12-15(21)18-10-3-1-2-4-11(10)22-12/h1-6,8,12H,7H2,(H,18,21)(H,17,19,20). The highest BCUT2D eigenvalue weighted by molar-refractivity contribution is 6.30. The Kier molecular flexibility index (Phi) is 3.93. The molecule has 0 radical (unpaired) electrons. The minimum atomic E-state index is -0.873. The highest BCUT2D eigenvalue weighted by Gasteiger charge is 2.29. The van der Waals surface area contributed by atoms with Crippen molar-refractivity contribution >= 4 is 34.9 Å². The van der Waals surface area contributed by atoms with Gasteiger partial charge >= 0.3 is 0 Å². The number of hydrogen-bond donors (Lipinski definition) is 2. The predicted octanol–water partition coefficient (Wildman–Crippen LogP) is 2.46. The van der Waals surface area contributed by atoms with Gasteiger partial charge in [-0.25, -0.2) is 4.98 Å². The number of carbonyl (C=O) groups is 2. The van der Waals surface area contributed by atoms with E-state index in [9.17, 15) is 9.59 Å². The molecular weight excluding hydrogens is 306 g/mol. The Labute approximate surface area is 131 Å². The number of halogens is 1. The van der Waals surface area contributed by atoms with Gasteiger partial charge in [-0.15, -0.1) is 0 Å². The van der Waals surface area contributed by atoms with Crippen molar-refractivity contribution < 1.29 is 14.3 Å². The van der Waals surface area contributed by atoms with E-state index < -0.39 is 6.10 Å². The Morgan fingerprint density at radius 2 is 2.14 bits per heavy atom. The van der Waals surface area contributed by atoms with Crippen LogP contribution in [0.3, 0.4) is 0 Å². The molecule has 22 heavy (non-hydrogen) atoms. The van der Waals surface area contributed by atoms with E-state index in [4.69, 9.17) is 16.3 Å². The summed E-state index contributed by atoms with van der Waals surface area (Å²) in [6, 6.07) is 10.3. The van der Waals surface area contributed by atoms with E-state index in [0.717, 1.165) is 0 Å². The fourth-order valence-electron chi connectivity index (χ4n) is 2.04. The molecule has 1 unspecified atom stereocenters. The summed E-state index contributed by atoms with van der Waals surface area (Å²) in [5, 5.41) is 5.78. The van der Waals surface area contributed by atoms with Gasteiger partial charge in [0.05, 0.1) is 17.1 Å². The molecule has 1 aromatic heterocycles. The molecule has 2 amide bonds. The number of aromatic nitrogens is 1. The van der Waals surface area contributed by atoms with Crippen LogP contribution in [0, 0.1) is 0 Å². The molecule has 0 spiro atoms. The van der Waals surface area contributed by atoms with Crippen molar-refractivity contribution in [3.8, 4) is 5.75 Å². The predicted molar refractivity (Wildman–Crippen MR) is 82.0 cm³/mol. The van der Waals surface area contributed by atoms with E-state index in [2.05, 4.69) is 15.6 Å². The highest BCUT2D eigenvalue weighted by Crippen LogP contribution is 2.29. The van der Waals surface area contributed by atoms with Crippen molar-refractivity contribution in [1.82, 2.24) is 4.98 Å². The average molecular weight is 318 g/mol. The number of nitrogens with one attached hydrogen (secondary N) is 2. The van der Waals surface area contributed by atoms with Crippen LogP contribution in [0.25, 0.3) is 0 Å². The molecule has 2 N–H and O–H groups in total. The van der Waals surface area contributed by atoms with Gasteiger partial charge in [0, 0.05) is 6.20 Å². The molecule has 3 rings (SSSR count). The quantitative estimate of drug-likeness (QED) is 0.911. The first kappa shape index (κ1) is 14.3. The summed E-state index contributed by atoms with van der Waals surface area (Å²) in [5.41, 5.74) is 0.600. The second-order valence-electron chi connectivity index (χ2n) is 4.71. The van der Waals surface area contributed by atoms with Crippen molar-refractivity contribution in [2.75, 3.05) is 10.6 Å². The zero-order chi connectivity index (χ0) is 15.5. The number of para-hydroxylation sites is 2. The zero-order valence-electron chi connectivity index (χ0n) is 11.4. The van der Waals surface area contributed by atoms with Crippen LogP contribution in [-0.2, 0) is 9.59 Å². The zero-order valence-corrected chi connectivity index (χ0v) is 12.1. The Hall–Kier alpha value is -2.60. The molecule has 7 heteroatoms. The number of ether oxygens (including phenoxy) is 1. The van der Waals surface area contributed by atoms with Crippen molar-refractivity contribution in [1.29, 1.82) is 0 Å². The topological polar surface area (TPSA) is 80.3 Å². The van der Waals surface area contributed by atoms with Crippen LogP contribution >= 0.6 is 11.6 Å². The maximum absolute atomic E-state index is 12.0. The third-order valence-corrected chi connectivity index (χ3v) is 3.30. The molecular formula is C15H12ClN3O3. The maximum atomic E-state index is 12.0. The van der Waals surface area contributed by atoms with Gasteiger partial charge < -0.3 is 15.4 Å². The molecule has 6 nitrogen and oxygen atoms in total. The summed E-state index contributed by atoms with van der Waals surface area (Å²) < 4.78 is 5.56. The van der Waals surface area contributed by atoms with Crippen LogP contribution in [0.15, 0.2) is 42.6 Å². The molecule has 1 aliphatic rings. The second kappa shape index (κ2) is 6.03. The Morgan fingerprint density at radius 1 is 1.32 bits per heavy atom. The lowest BCUT2D eigenvalue weighted by Crippen LogP contribution is -2.39. The van der Waals surface area contributed by atoms with E-state index in [0.29, 0.717) is 22.3 Å². The number of pyridine rings is 1. The summed E-state index contributed by atoms with van der Waals surface area (Å²) in [7, 11) is 0. The van der Waals surface area contributed by atoms with Crippen molar-refractivity contribution in [2.45, 2.75) is 12.5 Å². The molecule has 1 aromatic carbocycles. The molecule has 0 bridgehead atoms. The fourth-order valence-corrected chi connectivity index (χ4v) is 2.15. The Morgan fingerprint density at radius 3 is 2.91 bits per heavy atom. The Balaban J connectivity index is 1.64. The number of benzene rings is 1. The lowest BCUT2D eigenvalue weighted by atomic mass is 10.1. The van der Waals surface area contributed by atoms with E-state index in [1.807, 2.05) is 0 Å². The van der Waals surface area contributed by atoms with E-state index in [1.54, 1.807) is 36.4 Å². The van der Waals surface area contributed by atoms with E-state index in [-0.39, 0.29) is 18.2 Å². The first-order chi connectivity index (χ1) is 10.6. The third-order valence-electron chi connectivity index (χ3n) is 3.07. The number of hydrogen-bond acceptors (Lipinski definition) is 4. The van der Waals surface area contributed by atoms with Gasteiger partial charge in [-0.2, -0.15) is 0 Å². The monoisotopic (exact) mass is 317 g/mol. The van der Waals surface area contributed by atoms with Gasteiger partial charge in [-0.1, -0.05) is 23.7 Å². The van der Waals surface area contributed by atoms with Crippen molar-refractivity contribution in [2.24, 2.45) is 0 Å². The smallest absolute Gasteiger partial charge is 0.266 e. The molecule has 0 saturated heterocycles. The minimum Gasteiger partial charge on any atom is -0.478 e. The SMILES string of the molecule is O=C(CC1Oc2ccccc2NC1=O)Nc1ccc(Cl)cn1. The largest absolute Gasteiger partial charge is 0.478 e. The number of rotatable bonds is 3. The number of carbonyl (C=O) groups excluding carboxylic acids is 2. The van der Waals surface area contributed by atoms with Crippen molar-refractivity contribution in [3.05, 3.63) is 47.6 Å². The lowest BCUT2D eigenvalue weighted by molar-refractivity contribution is -0.128. The summed E-state index contributed by atoms with van der Waals surface area (Å²) in [6.07, 6.45) is 0.448. The molecule has 112 valence electrons. The summed E-state index contributed by atoms with van der Waals surface area (Å²) >= 11 is 5.72. The second-order valence-corrected chi connectivity index (χ2v) is 5.14. The maximum Gasteiger partial charge on any atom is 0.266 e. The van der Waals surface area contributed by atoms with Crippen LogP contribution in [0.1, 0.15) is 6.42 Å². The molecule has 0 aliphatic carbocycles. The molecule has 2 aromatic rings. The Bertz CT molecular complexity index is 718. The normalized spacial score (nSPS) is 16.2. The van der Waals surface area contributed by atoms with Crippen LogP contribution in [-0.4, -0.2) is 22.9 Å². The highest BCUT2D eigenvalue weighted by atomic mass is 35.5. The van der Waals surface area contributed by atoms with Gasteiger partial charge in [0.15, 0.2) is 6.10 Å². The summed E-state index contributed by atoms with van der Waals surface area (Å²) in [4.78, 5) is 27.9. The molecule has 1 aliphatic heterocycles. The fraction of sp³-hybridized carbons (Fsp3) is 0.133. The molecule has 0 saturated carbocycles. The molecule has 1 atom stereocenters.